The molecular weight excluding hydrogens is 300 g/mol. The molecule has 1 fully saturated rings. The zero-order valence-corrected chi connectivity index (χ0v) is 15.4. The van der Waals surface area contributed by atoms with Crippen molar-refractivity contribution in [2.45, 2.75) is 52.0 Å². The summed E-state index contributed by atoms with van der Waals surface area (Å²) in [4.78, 5) is 20.9. The van der Waals surface area contributed by atoms with E-state index in [1.807, 2.05) is 39.2 Å². The fourth-order valence-electron chi connectivity index (χ4n) is 3.11. The van der Waals surface area contributed by atoms with Gasteiger partial charge in [0.25, 0.3) is 0 Å². The minimum atomic E-state index is -0.0290. The van der Waals surface area contributed by atoms with Gasteiger partial charge < -0.3 is 15.1 Å². The molecule has 1 atom stereocenters. The molecule has 1 aliphatic rings. The van der Waals surface area contributed by atoms with Crippen molar-refractivity contribution in [1.82, 2.24) is 20.1 Å². The number of amides is 2. The smallest absolute Gasteiger partial charge is 0.317 e. The number of urea groups is 1. The maximum Gasteiger partial charge on any atom is 0.317 e. The van der Waals surface area contributed by atoms with Gasteiger partial charge in [-0.25, -0.2) is 4.79 Å². The van der Waals surface area contributed by atoms with E-state index < -0.39 is 0 Å². The fraction of sp³-hybridized carbons (Fsp3) is 0.684. The minimum absolute atomic E-state index is 0.0149. The predicted octanol–water partition coefficient (Wildman–Crippen LogP) is 3.36. The van der Waals surface area contributed by atoms with Gasteiger partial charge in [-0.1, -0.05) is 18.9 Å². The van der Waals surface area contributed by atoms with Crippen LogP contribution in [0.1, 0.15) is 56.3 Å². The highest BCUT2D eigenvalue weighted by atomic mass is 16.2. The van der Waals surface area contributed by atoms with Crippen LogP contribution in [0.5, 0.6) is 0 Å². The molecule has 0 radical (unpaired) electrons. The fourth-order valence-corrected chi connectivity index (χ4v) is 3.11. The molecule has 1 N–H and O–H groups in total. The van der Waals surface area contributed by atoms with E-state index >= 15 is 0 Å². The van der Waals surface area contributed by atoms with E-state index in [0.29, 0.717) is 0 Å². The number of pyridine rings is 1. The molecule has 0 saturated carbocycles. The third-order valence-electron chi connectivity index (χ3n) is 4.79. The Morgan fingerprint density at radius 1 is 1.29 bits per heavy atom. The first-order valence-corrected chi connectivity index (χ1v) is 9.23. The third-order valence-corrected chi connectivity index (χ3v) is 4.79. The van der Waals surface area contributed by atoms with Crippen LogP contribution >= 0.6 is 0 Å². The molecule has 5 heteroatoms. The average molecular weight is 332 g/mol. The molecular formula is C19H32N4O. The summed E-state index contributed by atoms with van der Waals surface area (Å²) in [6.07, 6.45) is 8.23. The Labute approximate surface area is 146 Å². The second kappa shape index (κ2) is 9.62. The monoisotopic (exact) mass is 332 g/mol. The van der Waals surface area contributed by atoms with E-state index in [2.05, 4.69) is 15.2 Å². The topological polar surface area (TPSA) is 48.5 Å². The maximum absolute atomic E-state index is 12.3. The van der Waals surface area contributed by atoms with Crippen molar-refractivity contribution in [3.05, 3.63) is 29.6 Å². The molecule has 134 valence electrons. The molecule has 0 aliphatic carbocycles. The van der Waals surface area contributed by atoms with Gasteiger partial charge in [0.05, 0.1) is 6.04 Å². The first-order chi connectivity index (χ1) is 11.6. The molecule has 1 aliphatic heterocycles. The highest BCUT2D eigenvalue weighted by Gasteiger charge is 2.14. The molecule has 0 bridgehead atoms. The lowest BCUT2D eigenvalue weighted by atomic mass is 10.1. The molecule has 0 aromatic carbocycles. The highest BCUT2D eigenvalue weighted by molar-refractivity contribution is 5.74. The minimum Gasteiger partial charge on any atom is -0.331 e. The number of nitrogens with zero attached hydrogens (tertiary/aromatic N) is 3. The number of likely N-dealkylation sites (tertiary alicyclic amines) is 1. The summed E-state index contributed by atoms with van der Waals surface area (Å²) in [5, 5.41) is 3.05. The van der Waals surface area contributed by atoms with E-state index in [-0.39, 0.29) is 12.1 Å². The van der Waals surface area contributed by atoms with Gasteiger partial charge in [0.15, 0.2) is 0 Å². The van der Waals surface area contributed by atoms with Crippen molar-refractivity contribution in [2.24, 2.45) is 0 Å². The normalized spacial score (nSPS) is 17.1. The average Bonchev–Trinajstić information content (AvgIpc) is 2.84. The summed E-state index contributed by atoms with van der Waals surface area (Å²) in [6, 6.07) is 3.95. The van der Waals surface area contributed by atoms with Crippen LogP contribution in [0.15, 0.2) is 18.3 Å². The highest BCUT2D eigenvalue weighted by Crippen LogP contribution is 2.12. The summed E-state index contributed by atoms with van der Waals surface area (Å²) in [6.45, 7) is 8.28. The number of carbonyl (C=O) groups excluding carboxylic acids is 1. The van der Waals surface area contributed by atoms with Crippen molar-refractivity contribution in [3.63, 3.8) is 0 Å². The summed E-state index contributed by atoms with van der Waals surface area (Å²) >= 11 is 0. The number of nitrogens with one attached hydrogen (secondary N) is 1. The summed E-state index contributed by atoms with van der Waals surface area (Å²) in [7, 11) is 1.87. The second-order valence-corrected chi connectivity index (χ2v) is 6.94. The van der Waals surface area contributed by atoms with Gasteiger partial charge >= 0.3 is 6.03 Å². The zero-order valence-electron chi connectivity index (χ0n) is 15.4. The molecule has 1 aromatic heterocycles. The Morgan fingerprint density at radius 2 is 2.00 bits per heavy atom. The van der Waals surface area contributed by atoms with Crippen molar-refractivity contribution in [3.8, 4) is 0 Å². The van der Waals surface area contributed by atoms with Crippen LogP contribution in [0, 0.1) is 6.92 Å². The van der Waals surface area contributed by atoms with Crippen molar-refractivity contribution in [1.29, 1.82) is 0 Å². The number of hydrogen-bond acceptors (Lipinski definition) is 3. The van der Waals surface area contributed by atoms with Gasteiger partial charge in [-0.3, -0.25) is 4.98 Å². The molecule has 0 spiro atoms. The Bertz CT molecular complexity index is 495. The van der Waals surface area contributed by atoms with Gasteiger partial charge in [-0.15, -0.1) is 0 Å². The number of rotatable bonds is 6. The number of hydrogen-bond donors (Lipinski definition) is 1. The Hall–Kier alpha value is -1.62. The SMILES string of the molecule is Cc1ccc([C@H](C)NC(=O)N(C)CCCN2CCCCCC2)cn1. The van der Waals surface area contributed by atoms with Gasteiger partial charge in [0, 0.05) is 25.5 Å². The predicted molar refractivity (Wildman–Crippen MR) is 98.1 cm³/mol. The van der Waals surface area contributed by atoms with E-state index in [4.69, 9.17) is 0 Å². The van der Waals surface area contributed by atoms with Gasteiger partial charge in [-0.05, 0) is 64.4 Å². The van der Waals surface area contributed by atoms with Crippen LogP contribution in [0.3, 0.4) is 0 Å². The van der Waals surface area contributed by atoms with E-state index in [1.54, 1.807) is 4.90 Å². The lowest BCUT2D eigenvalue weighted by molar-refractivity contribution is 0.200. The van der Waals surface area contributed by atoms with Crippen LogP contribution < -0.4 is 5.32 Å². The lowest BCUT2D eigenvalue weighted by Gasteiger charge is -2.24. The van der Waals surface area contributed by atoms with Crippen LogP contribution in [-0.4, -0.2) is 54.0 Å². The van der Waals surface area contributed by atoms with Crippen LogP contribution in [-0.2, 0) is 0 Å². The zero-order chi connectivity index (χ0) is 17.4. The number of aryl methyl sites for hydroxylation is 1. The largest absolute Gasteiger partial charge is 0.331 e. The van der Waals surface area contributed by atoms with Crippen molar-refractivity contribution < 1.29 is 4.79 Å². The van der Waals surface area contributed by atoms with Crippen molar-refractivity contribution in [2.75, 3.05) is 33.2 Å². The standard InChI is InChI=1S/C19H32N4O/c1-16-9-10-18(15-20-16)17(2)21-19(24)22(3)11-8-14-23-12-6-4-5-7-13-23/h9-10,15,17H,4-8,11-14H2,1-3H3,(H,21,24)/t17-/m0/s1. The maximum atomic E-state index is 12.3. The quantitative estimate of drug-likeness (QED) is 0.869. The summed E-state index contributed by atoms with van der Waals surface area (Å²) in [5.41, 5.74) is 2.02. The van der Waals surface area contributed by atoms with Crippen LogP contribution in [0.4, 0.5) is 4.79 Å². The first kappa shape index (κ1) is 18.7. The van der Waals surface area contributed by atoms with Gasteiger partial charge in [-0.2, -0.15) is 0 Å². The van der Waals surface area contributed by atoms with E-state index in [0.717, 1.165) is 30.8 Å². The molecule has 24 heavy (non-hydrogen) atoms. The summed E-state index contributed by atoms with van der Waals surface area (Å²) < 4.78 is 0. The molecule has 2 rings (SSSR count). The lowest BCUT2D eigenvalue weighted by Crippen LogP contribution is -2.40. The second-order valence-electron chi connectivity index (χ2n) is 6.94. The van der Waals surface area contributed by atoms with Gasteiger partial charge in [0.1, 0.15) is 0 Å². The Balaban J connectivity index is 1.70. The van der Waals surface area contributed by atoms with Crippen molar-refractivity contribution >= 4 is 6.03 Å². The number of aromatic nitrogens is 1. The molecule has 2 heterocycles. The Kier molecular flexibility index (Phi) is 7.50. The first-order valence-electron chi connectivity index (χ1n) is 9.23. The molecule has 1 aromatic rings. The van der Waals surface area contributed by atoms with E-state index in [9.17, 15) is 4.79 Å². The van der Waals surface area contributed by atoms with Crippen LogP contribution in [0.2, 0.25) is 0 Å². The summed E-state index contributed by atoms with van der Waals surface area (Å²) in [5.74, 6) is 0. The molecule has 1 saturated heterocycles. The molecule has 5 nitrogen and oxygen atoms in total. The Morgan fingerprint density at radius 3 is 2.62 bits per heavy atom. The molecule has 0 unspecified atom stereocenters. The van der Waals surface area contributed by atoms with E-state index in [1.165, 1.54) is 38.8 Å². The number of carbonyl (C=O) groups is 1. The van der Waals surface area contributed by atoms with Gasteiger partial charge in [0.2, 0.25) is 0 Å². The van der Waals surface area contributed by atoms with Crippen LogP contribution in [0.25, 0.3) is 0 Å². The molecule has 2 amide bonds. The third kappa shape index (κ3) is 6.11.